The number of nitrogens with zero attached hydrogens (tertiary/aromatic N) is 2. The first-order chi connectivity index (χ1) is 11.9. The number of anilines is 1. The molecule has 2 aromatic rings. The number of nitrogens with two attached hydrogens (primary N) is 1. The van der Waals surface area contributed by atoms with Gasteiger partial charge in [-0.2, -0.15) is 0 Å². The van der Waals surface area contributed by atoms with Crippen molar-refractivity contribution in [1.29, 1.82) is 0 Å². The molecular formula is C16H17FN4O4. The summed E-state index contributed by atoms with van der Waals surface area (Å²) < 4.78 is 19.6. The smallest absolute Gasteiger partial charge is 0.414 e. The quantitative estimate of drug-likeness (QED) is 0.748. The van der Waals surface area contributed by atoms with Gasteiger partial charge >= 0.3 is 6.09 Å². The predicted molar refractivity (Wildman–Crippen MR) is 85.9 cm³/mol. The van der Waals surface area contributed by atoms with Crippen LogP contribution in [-0.4, -0.2) is 39.7 Å². The monoisotopic (exact) mass is 348 g/mol. The fourth-order valence-corrected chi connectivity index (χ4v) is 2.58. The van der Waals surface area contributed by atoms with E-state index in [1.165, 1.54) is 23.2 Å². The van der Waals surface area contributed by atoms with E-state index in [1.54, 1.807) is 13.0 Å². The Bertz CT molecular complexity index is 822. The summed E-state index contributed by atoms with van der Waals surface area (Å²) in [6.07, 6.45) is 0.0758. The third-order valence-electron chi connectivity index (χ3n) is 4.16. The average molecular weight is 348 g/mol. The van der Waals surface area contributed by atoms with E-state index in [1.807, 2.05) is 0 Å². The SMILES string of the molecule is CC(C(N)=O)[C@H]1CN(c2ccc(-c3ncc(CO)[nH]3)c(F)c2)C(=O)O1. The van der Waals surface area contributed by atoms with Crippen LogP contribution in [0.2, 0.25) is 0 Å². The second kappa shape index (κ2) is 6.52. The third-order valence-corrected chi connectivity index (χ3v) is 4.16. The largest absolute Gasteiger partial charge is 0.443 e. The lowest BCUT2D eigenvalue weighted by atomic mass is 10.0. The second-order valence-corrected chi connectivity index (χ2v) is 5.80. The second-order valence-electron chi connectivity index (χ2n) is 5.80. The normalized spacial score (nSPS) is 18.3. The number of halogens is 1. The Morgan fingerprint density at radius 1 is 1.60 bits per heavy atom. The van der Waals surface area contributed by atoms with E-state index >= 15 is 0 Å². The van der Waals surface area contributed by atoms with Crippen molar-refractivity contribution < 1.29 is 23.8 Å². The van der Waals surface area contributed by atoms with Gasteiger partial charge in [0.15, 0.2) is 0 Å². The molecule has 1 aromatic heterocycles. The van der Waals surface area contributed by atoms with Crippen LogP contribution in [0.25, 0.3) is 11.4 Å². The molecule has 1 fully saturated rings. The van der Waals surface area contributed by atoms with E-state index in [0.717, 1.165) is 0 Å². The summed E-state index contributed by atoms with van der Waals surface area (Å²) in [6.45, 7) is 1.45. The van der Waals surface area contributed by atoms with Crippen LogP contribution >= 0.6 is 0 Å². The van der Waals surface area contributed by atoms with Crippen LogP contribution in [0.4, 0.5) is 14.9 Å². The molecule has 8 nitrogen and oxygen atoms in total. The summed E-state index contributed by atoms with van der Waals surface area (Å²) in [5.41, 5.74) is 6.20. The molecule has 132 valence electrons. The molecule has 0 aliphatic carbocycles. The summed E-state index contributed by atoms with van der Waals surface area (Å²) in [5.74, 6) is -1.52. The minimum absolute atomic E-state index is 0.108. The van der Waals surface area contributed by atoms with Gasteiger partial charge in [0.25, 0.3) is 0 Å². The van der Waals surface area contributed by atoms with Gasteiger partial charge in [-0.05, 0) is 25.1 Å². The number of aromatic amines is 1. The molecule has 2 atom stereocenters. The Kier molecular flexibility index (Phi) is 4.41. The zero-order chi connectivity index (χ0) is 18.1. The van der Waals surface area contributed by atoms with Crippen molar-refractivity contribution in [3.8, 4) is 11.4 Å². The van der Waals surface area contributed by atoms with Gasteiger partial charge in [0.2, 0.25) is 5.91 Å². The van der Waals surface area contributed by atoms with Crippen LogP contribution in [0, 0.1) is 11.7 Å². The number of carbonyl (C=O) groups excluding carboxylic acids is 2. The van der Waals surface area contributed by atoms with Gasteiger partial charge in [0.1, 0.15) is 17.7 Å². The molecule has 0 bridgehead atoms. The van der Waals surface area contributed by atoms with E-state index in [4.69, 9.17) is 15.6 Å². The molecule has 9 heteroatoms. The highest BCUT2D eigenvalue weighted by atomic mass is 19.1. The summed E-state index contributed by atoms with van der Waals surface area (Å²) in [7, 11) is 0. The number of aliphatic hydroxyl groups excluding tert-OH is 1. The van der Waals surface area contributed by atoms with Crippen LogP contribution in [-0.2, 0) is 16.1 Å². The standard InChI is InChI=1S/C16H17FN4O4/c1-8(14(18)23)13-6-21(16(24)25-13)10-2-3-11(12(17)4-10)15-19-5-9(7-22)20-15/h2-5,8,13,22H,6-7H2,1H3,(H2,18,23)(H,19,20)/t8?,13-/m1/s1. The van der Waals surface area contributed by atoms with Crippen molar-refractivity contribution in [1.82, 2.24) is 9.97 Å². The number of amides is 2. The van der Waals surface area contributed by atoms with Crippen molar-refractivity contribution in [2.45, 2.75) is 19.6 Å². The highest BCUT2D eigenvalue weighted by molar-refractivity contribution is 5.91. The first-order valence-electron chi connectivity index (χ1n) is 7.63. The van der Waals surface area contributed by atoms with Crippen LogP contribution < -0.4 is 10.6 Å². The zero-order valence-electron chi connectivity index (χ0n) is 13.4. The molecule has 2 heterocycles. The van der Waals surface area contributed by atoms with Crippen molar-refractivity contribution in [3.05, 3.63) is 35.9 Å². The van der Waals surface area contributed by atoms with E-state index in [0.29, 0.717) is 11.4 Å². The molecule has 1 saturated heterocycles. The van der Waals surface area contributed by atoms with E-state index < -0.39 is 29.8 Å². The summed E-state index contributed by atoms with van der Waals surface area (Å²) in [5, 5.41) is 9.04. The van der Waals surface area contributed by atoms with Crippen molar-refractivity contribution in [3.63, 3.8) is 0 Å². The minimum Gasteiger partial charge on any atom is -0.443 e. The maximum atomic E-state index is 14.4. The Morgan fingerprint density at radius 3 is 2.96 bits per heavy atom. The molecule has 0 radical (unpaired) electrons. The highest BCUT2D eigenvalue weighted by Crippen LogP contribution is 2.29. The number of aliphatic hydroxyl groups is 1. The number of H-pyrrole nitrogens is 1. The van der Waals surface area contributed by atoms with Gasteiger partial charge < -0.3 is 20.6 Å². The highest BCUT2D eigenvalue weighted by Gasteiger charge is 2.37. The number of cyclic esters (lactones) is 1. The Hall–Kier alpha value is -2.94. The van der Waals surface area contributed by atoms with Crippen molar-refractivity contribution in [2.75, 3.05) is 11.4 Å². The van der Waals surface area contributed by atoms with Crippen LogP contribution in [0.5, 0.6) is 0 Å². The topological polar surface area (TPSA) is 122 Å². The number of hydrogen-bond acceptors (Lipinski definition) is 5. The van der Waals surface area contributed by atoms with Gasteiger partial charge in [0.05, 0.1) is 42.2 Å². The fraction of sp³-hybridized carbons (Fsp3) is 0.312. The summed E-state index contributed by atoms with van der Waals surface area (Å²) >= 11 is 0. The first-order valence-corrected chi connectivity index (χ1v) is 7.63. The van der Waals surface area contributed by atoms with Gasteiger partial charge in [-0.25, -0.2) is 14.2 Å². The lowest BCUT2D eigenvalue weighted by Gasteiger charge is -2.15. The maximum absolute atomic E-state index is 14.4. The van der Waals surface area contributed by atoms with Crippen molar-refractivity contribution in [2.24, 2.45) is 11.7 Å². The van der Waals surface area contributed by atoms with Gasteiger partial charge in [-0.15, -0.1) is 0 Å². The Labute approximate surface area is 142 Å². The minimum atomic E-state index is -0.676. The van der Waals surface area contributed by atoms with Crippen molar-refractivity contribution >= 4 is 17.7 Å². The maximum Gasteiger partial charge on any atom is 0.414 e. The molecule has 1 aromatic carbocycles. The molecular weight excluding hydrogens is 331 g/mol. The van der Waals surface area contributed by atoms with Gasteiger partial charge in [0, 0.05) is 0 Å². The molecule has 1 aliphatic heterocycles. The number of ether oxygens (including phenoxy) is 1. The first kappa shape index (κ1) is 16.9. The predicted octanol–water partition coefficient (Wildman–Crippen LogP) is 1.15. The fourth-order valence-electron chi connectivity index (χ4n) is 2.58. The molecule has 25 heavy (non-hydrogen) atoms. The molecule has 1 aliphatic rings. The lowest BCUT2D eigenvalue weighted by molar-refractivity contribution is -0.123. The third kappa shape index (κ3) is 3.18. The molecule has 1 unspecified atom stereocenters. The molecule has 2 amide bonds. The van der Waals surface area contributed by atoms with Gasteiger partial charge in [-0.3, -0.25) is 9.69 Å². The van der Waals surface area contributed by atoms with E-state index in [2.05, 4.69) is 9.97 Å². The lowest BCUT2D eigenvalue weighted by Crippen LogP contribution is -2.34. The van der Waals surface area contributed by atoms with Crippen LogP contribution in [0.3, 0.4) is 0 Å². The Balaban J connectivity index is 1.83. The Morgan fingerprint density at radius 2 is 2.36 bits per heavy atom. The van der Waals surface area contributed by atoms with Crippen LogP contribution in [0.1, 0.15) is 12.6 Å². The number of nitrogens with one attached hydrogen (secondary N) is 1. The average Bonchev–Trinajstić information content (AvgIpc) is 3.20. The van der Waals surface area contributed by atoms with Crippen LogP contribution in [0.15, 0.2) is 24.4 Å². The molecule has 3 rings (SSSR count). The number of benzene rings is 1. The number of aromatic nitrogens is 2. The molecule has 0 spiro atoms. The van der Waals surface area contributed by atoms with E-state index in [-0.39, 0.29) is 24.5 Å². The number of carbonyl (C=O) groups is 2. The zero-order valence-corrected chi connectivity index (χ0v) is 13.4. The number of primary amides is 1. The van der Waals surface area contributed by atoms with Gasteiger partial charge in [-0.1, -0.05) is 0 Å². The molecule has 4 N–H and O–H groups in total. The number of rotatable bonds is 5. The van der Waals surface area contributed by atoms with E-state index in [9.17, 15) is 14.0 Å². The molecule has 0 saturated carbocycles. The summed E-state index contributed by atoms with van der Waals surface area (Å²) in [4.78, 5) is 31.3. The number of hydrogen-bond donors (Lipinski definition) is 3. The number of imidazole rings is 1. The summed E-state index contributed by atoms with van der Waals surface area (Å²) in [6, 6.07) is 4.22.